The largest absolute Gasteiger partial charge is 0.370 e. The average Bonchev–Trinajstić information content (AvgIpc) is 2.32. The summed E-state index contributed by atoms with van der Waals surface area (Å²) in [6.45, 7) is 2.83. The van der Waals surface area contributed by atoms with E-state index >= 15 is 0 Å². The molecule has 2 nitrogen and oxygen atoms in total. The number of aryl methyl sites for hydroxylation is 1. The Bertz CT molecular complexity index is 480. The molecule has 1 N–H and O–H groups in total. The molecule has 0 fully saturated rings. The monoisotopic (exact) mass is 230 g/mol. The topological polar surface area (TPSA) is 24.9 Å². The molecule has 0 atom stereocenters. The Morgan fingerprint density at radius 1 is 1.18 bits per heavy atom. The lowest BCUT2D eigenvalue weighted by molar-refractivity contribution is 0.627. The zero-order valence-corrected chi connectivity index (χ0v) is 9.78. The highest BCUT2D eigenvalue weighted by Crippen LogP contribution is 2.07. The molecule has 1 aromatic heterocycles. The second-order valence-corrected chi connectivity index (χ2v) is 4.02. The van der Waals surface area contributed by atoms with Crippen LogP contribution in [0, 0.1) is 12.7 Å². The quantitative estimate of drug-likeness (QED) is 0.872. The molecule has 0 radical (unpaired) electrons. The zero-order chi connectivity index (χ0) is 12.1. The highest BCUT2D eigenvalue weighted by atomic mass is 19.1. The molecule has 0 aliphatic carbocycles. The highest BCUT2D eigenvalue weighted by Gasteiger charge is 1.96. The van der Waals surface area contributed by atoms with Gasteiger partial charge in [0.25, 0.3) is 0 Å². The first-order chi connectivity index (χ1) is 8.24. The van der Waals surface area contributed by atoms with E-state index in [1.165, 1.54) is 17.7 Å². The molecule has 0 spiro atoms. The predicted octanol–water partition coefficient (Wildman–Crippen LogP) is 3.18. The Morgan fingerprint density at radius 3 is 2.65 bits per heavy atom. The van der Waals surface area contributed by atoms with Gasteiger partial charge in [-0.3, -0.25) is 0 Å². The molecule has 88 valence electrons. The van der Waals surface area contributed by atoms with Crippen LogP contribution in [0.2, 0.25) is 0 Å². The van der Waals surface area contributed by atoms with Crippen LogP contribution in [-0.4, -0.2) is 11.5 Å². The standard InChI is InChI=1S/C14H15FN2/c1-11-6-8-16-14(10-11)17-9-7-12-2-4-13(15)5-3-12/h2-6,8,10H,7,9H2,1H3,(H,16,17). The minimum Gasteiger partial charge on any atom is -0.370 e. The Labute approximate surface area is 101 Å². The number of nitrogens with one attached hydrogen (secondary N) is 1. The molecule has 0 saturated heterocycles. The van der Waals surface area contributed by atoms with Gasteiger partial charge in [0.15, 0.2) is 0 Å². The van der Waals surface area contributed by atoms with Gasteiger partial charge in [-0.15, -0.1) is 0 Å². The lowest BCUT2D eigenvalue weighted by atomic mass is 10.1. The number of benzene rings is 1. The number of aromatic nitrogens is 1. The van der Waals surface area contributed by atoms with Gasteiger partial charge in [-0.1, -0.05) is 12.1 Å². The summed E-state index contributed by atoms with van der Waals surface area (Å²) < 4.78 is 12.7. The molecule has 1 aromatic carbocycles. The second kappa shape index (κ2) is 5.43. The molecule has 0 saturated carbocycles. The molecule has 0 bridgehead atoms. The zero-order valence-electron chi connectivity index (χ0n) is 9.78. The minimum atomic E-state index is -0.193. The van der Waals surface area contributed by atoms with Crippen molar-refractivity contribution in [3.8, 4) is 0 Å². The van der Waals surface area contributed by atoms with E-state index in [9.17, 15) is 4.39 Å². The van der Waals surface area contributed by atoms with Crippen LogP contribution in [0.1, 0.15) is 11.1 Å². The van der Waals surface area contributed by atoms with Crippen LogP contribution in [0.4, 0.5) is 10.2 Å². The van der Waals surface area contributed by atoms with Crippen molar-refractivity contribution < 1.29 is 4.39 Å². The maximum atomic E-state index is 12.7. The van der Waals surface area contributed by atoms with E-state index in [0.717, 1.165) is 24.3 Å². The summed E-state index contributed by atoms with van der Waals surface area (Å²) >= 11 is 0. The van der Waals surface area contributed by atoms with Crippen LogP contribution in [0.15, 0.2) is 42.6 Å². The Hall–Kier alpha value is -1.90. The fourth-order valence-electron chi connectivity index (χ4n) is 1.62. The van der Waals surface area contributed by atoms with E-state index in [1.807, 2.05) is 19.1 Å². The van der Waals surface area contributed by atoms with Crippen molar-refractivity contribution >= 4 is 5.82 Å². The number of anilines is 1. The van der Waals surface area contributed by atoms with Gasteiger partial charge >= 0.3 is 0 Å². The summed E-state index contributed by atoms with van der Waals surface area (Å²) in [4.78, 5) is 4.21. The first kappa shape index (κ1) is 11.6. The van der Waals surface area contributed by atoms with Gasteiger partial charge in [-0.25, -0.2) is 9.37 Å². The van der Waals surface area contributed by atoms with Crippen molar-refractivity contribution in [2.45, 2.75) is 13.3 Å². The van der Waals surface area contributed by atoms with Gasteiger partial charge in [-0.2, -0.15) is 0 Å². The van der Waals surface area contributed by atoms with Crippen molar-refractivity contribution in [2.75, 3.05) is 11.9 Å². The number of halogens is 1. The Morgan fingerprint density at radius 2 is 1.94 bits per heavy atom. The summed E-state index contributed by atoms with van der Waals surface area (Å²) in [5.74, 6) is 0.689. The minimum absolute atomic E-state index is 0.193. The first-order valence-electron chi connectivity index (χ1n) is 5.65. The third-order valence-electron chi connectivity index (χ3n) is 2.55. The van der Waals surface area contributed by atoms with Gasteiger partial charge in [0.05, 0.1) is 0 Å². The third kappa shape index (κ3) is 3.55. The van der Waals surface area contributed by atoms with E-state index in [0.29, 0.717) is 0 Å². The smallest absolute Gasteiger partial charge is 0.126 e. The molecule has 17 heavy (non-hydrogen) atoms. The van der Waals surface area contributed by atoms with E-state index in [1.54, 1.807) is 18.3 Å². The summed E-state index contributed by atoms with van der Waals surface area (Å²) in [5.41, 5.74) is 2.30. The number of nitrogens with zero attached hydrogens (tertiary/aromatic N) is 1. The maximum Gasteiger partial charge on any atom is 0.126 e. The molecule has 1 heterocycles. The molecular formula is C14H15FN2. The van der Waals surface area contributed by atoms with Crippen molar-refractivity contribution in [1.29, 1.82) is 0 Å². The first-order valence-corrected chi connectivity index (χ1v) is 5.65. The van der Waals surface area contributed by atoms with Crippen LogP contribution < -0.4 is 5.32 Å². The van der Waals surface area contributed by atoms with Gasteiger partial charge in [0.1, 0.15) is 11.6 Å². The van der Waals surface area contributed by atoms with Gasteiger partial charge < -0.3 is 5.32 Å². The maximum absolute atomic E-state index is 12.7. The van der Waals surface area contributed by atoms with E-state index in [4.69, 9.17) is 0 Å². The number of pyridine rings is 1. The van der Waals surface area contributed by atoms with Crippen LogP contribution in [0.5, 0.6) is 0 Å². The second-order valence-electron chi connectivity index (χ2n) is 4.02. The lowest BCUT2D eigenvalue weighted by Gasteiger charge is -2.06. The highest BCUT2D eigenvalue weighted by molar-refractivity contribution is 5.37. The molecule has 2 rings (SSSR count). The van der Waals surface area contributed by atoms with Gasteiger partial charge in [0.2, 0.25) is 0 Å². The molecule has 2 aromatic rings. The van der Waals surface area contributed by atoms with E-state index < -0.39 is 0 Å². The van der Waals surface area contributed by atoms with Crippen LogP contribution >= 0.6 is 0 Å². The normalized spacial score (nSPS) is 10.2. The third-order valence-corrected chi connectivity index (χ3v) is 2.55. The van der Waals surface area contributed by atoms with Gasteiger partial charge in [-0.05, 0) is 48.7 Å². The molecule has 0 amide bonds. The Balaban J connectivity index is 1.85. The fraction of sp³-hybridized carbons (Fsp3) is 0.214. The predicted molar refractivity (Wildman–Crippen MR) is 67.6 cm³/mol. The summed E-state index contributed by atoms with van der Waals surface area (Å²) in [6.07, 6.45) is 2.64. The van der Waals surface area contributed by atoms with Crippen LogP contribution in [0.25, 0.3) is 0 Å². The van der Waals surface area contributed by atoms with Crippen molar-refractivity contribution in [1.82, 2.24) is 4.98 Å². The SMILES string of the molecule is Cc1ccnc(NCCc2ccc(F)cc2)c1. The summed E-state index contributed by atoms with van der Waals surface area (Å²) in [7, 11) is 0. The van der Waals surface area contributed by atoms with Gasteiger partial charge in [0, 0.05) is 12.7 Å². The lowest BCUT2D eigenvalue weighted by Crippen LogP contribution is -2.06. The molecule has 0 unspecified atom stereocenters. The van der Waals surface area contributed by atoms with Crippen molar-refractivity contribution in [3.63, 3.8) is 0 Å². The molecule has 3 heteroatoms. The summed E-state index contributed by atoms with van der Waals surface area (Å²) in [5, 5.41) is 3.24. The fourth-order valence-corrected chi connectivity index (χ4v) is 1.62. The summed E-state index contributed by atoms with van der Waals surface area (Å²) in [6, 6.07) is 10.6. The molecule has 0 aliphatic rings. The van der Waals surface area contributed by atoms with Crippen LogP contribution in [0.3, 0.4) is 0 Å². The van der Waals surface area contributed by atoms with E-state index in [-0.39, 0.29) is 5.82 Å². The number of rotatable bonds is 4. The van der Waals surface area contributed by atoms with Crippen molar-refractivity contribution in [2.24, 2.45) is 0 Å². The average molecular weight is 230 g/mol. The molecular weight excluding hydrogens is 215 g/mol. The van der Waals surface area contributed by atoms with E-state index in [2.05, 4.69) is 10.3 Å². The number of hydrogen-bond donors (Lipinski definition) is 1. The molecule has 0 aliphatic heterocycles. The number of hydrogen-bond acceptors (Lipinski definition) is 2. The Kier molecular flexibility index (Phi) is 3.70. The van der Waals surface area contributed by atoms with Crippen LogP contribution in [-0.2, 0) is 6.42 Å². The van der Waals surface area contributed by atoms with Crippen molar-refractivity contribution in [3.05, 3.63) is 59.5 Å².